The first-order chi connectivity index (χ1) is 23.7. The second-order valence-corrected chi connectivity index (χ2v) is 21.6. The molecular weight excluding hydrogens is 651 g/mol. The minimum absolute atomic E-state index is 0.0717. The highest BCUT2D eigenvalue weighted by molar-refractivity contribution is 6.76. The number of likely N-dealkylation sites (tertiary alicyclic amines) is 1. The molecule has 0 spiro atoms. The third kappa shape index (κ3) is 8.01. The van der Waals surface area contributed by atoms with Crippen LogP contribution in [0.1, 0.15) is 47.5 Å². The Balaban J connectivity index is 1.17. The monoisotopic (exact) mass is 701 g/mol. The van der Waals surface area contributed by atoms with E-state index < -0.39 is 13.7 Å². The molecule has 13 nitrogen and oxygen atoms in total. The number of hydrogen-bond acceptors (Lipinski definition) is 8. The summed E-state index contributed by atoms with van der Waals surface area (Å²) in [5.41, 5.74) is 2.79. The molecule has 1 aromatic carbocycles. The lowest BCUT2D eigenvalue weighted by atomic mass is 10.0. The summed E-state index contributed by atoms with van der Waals surface area (Å²) in [4.78, 5) is 42.0. The third-order valence-electron chi connectivity index (χ3n) is 9.23. The zero-order valence-corrected chi connectivity index (χ0v) is 31.7. The van der Waals surface area contributed by atoms with Gasteiger partial charge in [-0.15, -0.1) is 5.10 Å². The first-order valence-corrected chi connectivity index (χ1v) is 21.4. The van der Waals surface area contributed by atoms with E-state index in [1.807, 2.05) is 67.1 Å². The molecule has 2 fully saturated rings. The van der Waals surface area contributed by atoms with E-state index >= 15 is 0 Å². The Morgan fingerprint density at radius 3 is 2.52 bits per heavy atom. The van der Waals surface area contributed by atoms with Crippen LogP contribution in [0.15, 0.2) is 49.1 Å². The van der Waals surface area contributed by atoms with Gasteiger partial charge in [0.05, 0.1) is 18.3 Å². The molecule has 268 valence electrons. The number of hydrogen-bond donors (Lipinski definition) is 0. The molecular formula is C36H51N9O4Si. The van der Waals surface area contributed by atoms with Gasteiger partial charge in [-0.1, -0.05) is 57.8 Å². The number of fused-ring (bicyclic) bond motifs is 1. The van der Waals surface area contributed by atoms with E-state index in [9.17, 15) is 9.59 Å². The van der Waals surface area contributed by atoms with Crippen LogP contribution in [0.5, 0.6) is 0 Å². The molecule has 1 unspecified atom stereocenters. The van der Waals surface area contributed by atoms with Gasteiger partial charge in [-0.2, -0.15) is 5.10 Å². The lowest BCUT2D eigenvalue weighted by molar-refractivity contribution is 0.0208. The Bertz CT molecular complexity index is 1810. The summed E-state index contributed by atoms with van der Waals surface area (Å²) in [5, 5.41) is 9.16. The van der Waals surface area contributed by atoms with Crippen molar-refractivity contribution in [3.63, 3.8) is 0 Å². The van der Waals surface area contributed by atoms with Crippen LogP contribution in [-0.4, -0.2) is 103 Å². The SMILES string of the molecule is CC(C)[C@H]1CN(CC2CCCN2C(=O)OC(C)(C)C)C(=O)N1c1ccn2ncc(-c3ccc(-c4ncn(COCC[Si](C)(C)C)n4)cc3)c2n1. The number of amides is 3. The number of carbonyl (C=O) groups excluding carboxylic acids is 2. The maximum atomic E-state index is 14.1. The molecule has 5 heterocycles. The normalized spacial score (nSPS) is 18.7. The fourth-order valence-electron chi connectivity index (χ4n) is 6.47. The minimum Gasteiger partial charge on any atom is -0.444 e. The number of benzene rings is 1. The molecule has 0 bridgehead atoms. The number of carbonyl (C=O) groups is 2. The van der Waals surface area contributed by atoms with Crippen molar-refractivity contribution in [2.45, 2.75) is 97.6 Å². The van der Waals surface area contributed by atoms with Gasteiger partial charge in [0.1, 0.15) is 24.5 Å². The average molecular weight is 702 g/mol. The van der Waals surface area contributed by atoms with Crippen molar-refractivity contribution in [2.75, 3.05) is 31.1 Å². The molecule has 3 aromatic heterocycles. The molecule has 2 atom stereocenters. The highest BCUT2D eigenvalue weighted by Gasteiger charge is 2.43. The first-order valence-electron chi connectivity index (χ1n) is 17.7. The molecule has 0 N–H and O–H groups in total. The molecule has 50 heavy (non-hydrogen) atoms. The number of rotatable bonds is 11. The molecule has 6 rings (SSSR count). The van der Waals surface area contributed by atoms with Crippen molar-refractivity contribution < 1.29 is 19.1 Å². The lowest BCUT2D eigenvalue weighted by Gasteiger charge is -2.30. The van der Waals surface area contributed by atoms with E-state index in [4.69, 9.17) is 14.5 Å². The van der Waals surface area contributed by atoms with E-state index in [1.165, 1.54) is 0 Å². The van der Waals surface area contributed by atoms with Crippen molar-refractivity contribution in [2.24, 2.45) is 5.92 Å². The van der Waals surface area contributed by atoms with Crippen molar-refractivity contribution in [3.05, 3.63) is 49.1 Å². The summed E-state index contributed by atoms with van der Waals surface area (Å²) in [5.74, 6) is 1.41. The fraction of sp³-hybridized carbons (Fsp3) is 0.556. The molecule has 4 aromatic rings. The number of nitrogens with zero attached hydrogens (tertiary/aromatic N) is 9. The second-order valence-electron chi connectivity index (χ2n) is 16.0. The summed E-state index contributed by atoms with van der Waals surface area (Å²) < 4.78 is 15.0. The van der Waals surface area contributed by atoms with Crippen molar-refractivity contribution >= 4 is 31.7 Å². The van der Waals surface area contributed by atoms with Crippen molar-refractivity contribution in [3.8, 4) is 22.5 Å². The van der Waals surface area contributed by atoms with Gasteiger partial charge >= 0.3 is 12.1 Å². The third-order valence-corrected chi connectivity index (χ3v) is 10.9. The van der Waals surface area contributed by atoms with E-state index in [2.05, 4.69) is 48.7 Å². The first kappa shape index (κ1) is 35.5. The Morgan fingerprint density at radius 1 is 1.08 bits per heavy atom. The van der Waals surface area contributed by atoms with Gasteiger partial charge in [0.25, 0.3) is 0 Å². The van der Waals surface area contributed by atoms with Gasteiger partial charge in [-0.25, -0.2) is 28.8 Å². The van der Waals surface area contributed by atoms with Gasteiger partial charge in [0.15, 0.2) is 11.5 Å². The molecule has 0 saturated carbocycles. The number of ether oxygens (including phenoxy) is 2. The van der Waals surface area contributed by atoms with Crippen LogP contribution in [-0.2, 0) is 16.2 Å². The summed E-state index contributed by atoms with van der Waals surface area (Å²) in [6.45, 7) is 19.6. The van der Waals surface area contributed by atoms with Crippen LogP contribution >= 0.6 is 0 Å². The van der Waals surface area contributed by atoms with Gasteiger partial charge in [0.2, 0.25) is 0 Å². The Kier molecular flexibility index (Phi) is 10.0. The number of anilines is 1. The second kappa shape index (κ2) is 14.1. The maximum Gasteiger partial charge on any atom is 0.410 e. The van der Waals surface area contributed by atoms with Crippen molar-refractivity contribution in [1.29, 1.82) is 0 Å². The molecule has 2 saturated heterocycles. The number of urea groups is 1. The van der Waals surface area contributed by atoms with E-state index in [1.54, 1.807) is 26.6 Å². The van der Waals surface area contributed by atoms with Gasteiger partial charge < -0.3 is 19.3 Å². The minimum atomic E-state index is -1.14. The van der Waals surface area contributed by atoms with E-state index in [0.29, 0.717) is 43.7 Å². The highest BCUT2D eigenvalue weighted by Crippen LogP contribution is 2.32. The van der Waals surface area contributed by atoms with E-state index in [0.717, 1.165) is 42.2 Å². The highest BCUT2D eigenvalue weighted by atomic mass is 28.3. The predicted molar refractivity (Wildman–Crippen MR) is 196 cm³/mol. The zero-order valence-electron chi connectivity index (χ0n) is 30.7. The zero-order chi connectivity index (χ0) is 35.8. The molecule has 2 aliphatic rings. The quantitative estimate of drug-likeness (QED) is 0.126. The lowest BCUT2D eigenvalue weighted by Crippen LogP contribution is -2.46. The van der Waals surface area contributed by atoms with Crippen LogP contribution in [0.2, 0.25) is 25.7 Å². The largest absolute Gasteiger partial charge is 0.444 e. The summed E-state index contributed by atoms with van der Waals surface area (Å²) >= 11 is 0. The Hall–Kier alpha value is -4.30. The van der Waals surface area contributed by atoms with Gasteiger partial charge in [0, 0.05) is 51.6 Å². The van der Waals surface area contributed by atoms with Crippen LogP contribution < -0.4 is 4.90 Å². The molecule has 0 radical (unpaired) electrons. The molecule has 3 amide bonds. The molecule has 14 heteroatoms. The van der Waals surface area contributed by atoms with Crippen LogP contribution in [0.4, 0.5) is 15.4 Å². The molecule has 2 aliphatic heterocycles. The summed E-state index contributed by atoms with van der Waals surface area (Å²) in [6, 6.07) is 10.7. The standard InChI is InChI=1S/C36H51N9O4Si/c1-25(2)30-22-41(21-28-10-9-16-43(28)35(47)49-36(3,4)5)34(46)45(30)31-15-17-44-33(39-31)29(20-38-44)26-11-13-27(14-12-26)32-37-23-42(40-32)24-48-18-19-50(6,7)8/h11-15,17,20,23,25,28,30H,9-10,16,18-19,21-22,24H2,1-8H3/t28?,30-/m1/s1. The van der Waals surface area contributed by atoms with Crippen molar-refractivity contribution in [1.82, 2.24) is 39.2 Å². The summed E-state index contributed by atoms with van der Waals surface area (Å²) in [7, 11) is -1.14. The fourth-order valence-corrected chi connectivity index (χ4v) is 7.23. The Morgan fingerprint density at radius 2 is 1.82 bits per heavy atom. The van der Waals surface area contributed by atoms with Crippen LogP contribution in [0, 0.1) is 5.92 Å². The Labute approximate surface area is 295 Å². The topological polar surface area (TPSA) is 123 Å². The van der Waals surface area contributed by atoms with Gasteiger partial charge in [-0.05, 0) is 57.2 Å². The van der Waals surface area contributed by atoms with E-state index in [-0.39, 0.29) is 30.1 Å². The smallest absolute Gasteiger partial charge is 0.410 e. The predicted octanol–water partition coefficient (Wildman–Crippen LogP) is 6.63. The molecule has 0 aliphatic carbocycles. The average Bonchev–Trinajstić information content (AvgIpc) is 3.85. The van der Waals surface area contributed by atoms with Crippen LogP contribution in [0.25, 0.3) is 28.2 Å². The maximum absolute atomic E-state index is 14.1. The van der Waals surface area contributed by atoms with Crippen LogP contribution in [0.3, 0.4) is 0 Å². The van der Waals surface area contributed by atoms with Gasteiger partial charge in [-0.3, -0.25) is 4.90 Å². The number of aromatic nitrogens is 6. The summed E-state index contributed by atoms with van der Waals surface area (Å²) in [6.07, 6.45) is 6.76.